The molecular formula is CH5BKO3. The largest absolute Gasteiger partial charge is 0.633 e. The molecule has 5 heteroatoms. The Morgan fingerprint density at radius 1 is 1.50 bits per heavy atom. The van der Waals surface area contributed by atoms with Crippen molar-refractivity contribution in [2.24, 2.45) is 0 Å². The first kappa shape index (κ1) is 10.5. The van der Waals surface area contributed by atoms with Crippen LogP contribution >= 0.6 is 0 Å². The molecule has 0 fully saturated rings. The van der Waals surface area contributed by atoms with Gasteiger partial charge < -0.3 is 14.7 Å². The maximum atomic E-state index is 7.69. The van der Waals surface area contributed by atoms with Crippen molar-refractivity contribution >= 4 is 58.7 Å². The Kier molecular flexibility index (Phi) is 11.6. The van der Waals surface area contributed by atoms with E-state index < -0.39 is 7.32 Å². The van der Waals surface area contributed by atoms with E-state index in [1.54, 1.807) is 0 Å². The van der Waals surface area contributed by atoms with Crippen molar-refractivity contribution in [1.29, 1.82) is 0 Å². The molecule has 0 aromatic carbocycles. The van der Waals surface area contributed by atoms with Crippen LogP contribution in [-0.4, -0.2) is 75.9 Å². The van der Waals surface area contributed by atoms with Gasteiger partial charge in [0.2, 0.25) is 0 Å². The molecule has 0 bridgehead atoms. The van der Waals surface area contributed by atoms with E-state index in [-0.39, 0.29) is 51.4 Å². The van der Waals surface area contributed by atoms with Crippen LogP contribution in [0.1, 0.15) is 0 Å². The van der Waals surface area contributed by atoms with Crippen molar-refractivity contribution in [3.8, 4) is 0 Å². The molecule has 0 spiro atoms. The third kappa shape index (κ3) is 9.13. The average molecular weight is 115 g/mol. The number of rotatable bonds is 1. The van der Waals surface area contributed by atoms with Crippen LogP contribution in [0.3, 0.4) is 0 Å². The third-order valence-electron chi connectivity index (χ3n) is 0.211. The quantitative estimate of drug-likeness (QED) is 0.397. The Balaban J connectivity index is 0. The van der Waals surface area contributed by atoms with Crippen molar-refractivity contribution in [2.75, 3.05) is 7.11 Å². The Morgan fingerprint density at radius 3 is 1.67 bits per heavy atom. The maximum absolute atomic E-state index is 7.69. The molecular weight excluding hydrogens is 110 g/mol. The molecule has 31 valence electrons. The molecule has 6 heavy (non-hydrogen) atoms. The topological polar surface area (TPSA) is 49.7 Å². The molecule has 0 heterocycles. The average Bonchev–Trinajstić information content (AvgIpc) is 1.38. The molecule has 3 nitrogen and oxygen atoms in total. The molecule has 0 atom stereocenters. The van der Waals surface area contributed by atoms with Gasteiger partial charge in [-0.05, 0) is 0 Å². The molecule has 0 saturated carbocycles. The van der Waals surface area contributed by atoms with Gasteiger partial charge in [-0.2, -0.15) is 0 Å². The summed E-state index contributed by atoms with van der Waals surface area (Å²) in [7, 11) is -0.417. The van der Waals surface area contributed by atoms with E-state index in [0.717, 1.165) is 0 Å². The minimum Gasteiger partial charge on any atom is -0.402 e. The first-order chi connectivity index (χ1) is 2.27. The molecule has 0 unspecified atom stereocenters. The Morgan fingerprint density at radius 2 is 1.67 bits per heavy atom. The molecule has 0 amide bonds. The summed E-state index contributed by atoms with van der Waals surface area (Å²) in [5.74, 6) is 0. The third-order valence-corrected chi connectivity index (χ3v) is 0.211. The van der Waals surface area contributed by atoms with Crippen molar-refractivity contribution in [2.45, 2.75) is 0 Å². The van der Waals surface area contributed by atoms with Crippen molar-refractivity contribution in [3.63, 3.8) is 0 Å². The van der Waals surface area contributed by atoms with Gasteiger partial charge in [-0.25, -0.2) is 0 Å². The van der Waals surface area contributed by atoms with Gasteiger partial charge in [0.1, 0.15) is 0 Å². The summed E-state index contributed by atoms with van der Waals surface area (Å²) in [5.41, 5.74) is 0. The Bertz CT molecular complexity index is 24.8. The number of hydrogen-bond acceptors (Lipinski definition) is 3. The molecule has 0 aliphatic heterocycles. The zero-order valence-electron chi connectivity index (χ0n) is 3.88. The summed E-state index contributed by atoms with van der Waals surface area (Å²) in [4.78, 5) is 0. The van der Waals surface area contributed by atoms with Gasteiger partial charge in [0.05, 0.1) is 0 Å². The molecule has 0 rings (SSSR count). The van der Waals surface area contributed by atoms with Crippen molar-refractivity contribution in [1.82, 2.24) is 0 Å². The van der Waals surface area contributed by atoms with Gasteiger partial charge in [0.15, 0.2) is 0 Å². The van der Waals surface area contributed by atoms with Crippen LogP contribution in [0, 0.1) is 0 Å². The monoisotopic (exact) mass is 115 g/mol. The normalized spacial score (nSPS) is 6.50. The fourth-order valence-electron chi connectivity index (χ4n) is 0. The molecule has 0 saturated heterocycles. The SMILES string of the molecule is COB(O)O.[K]. The standard InChI is InChI=1S/CH5BO3.K/c1-5-2(3)4;/h3-4H,1H3;. The summed E-state index contributed by atoms with van der Waals surface area (Å²) in [6, 6.07) is 0. The summed E-state index contributed by atoms with van der Waals surface area (Å²) >= 11 is 0. The van der Waals surface area contributed by atoms with Crippen LogP contribution < -0.4 is 0 Å². The second-order valence-electron chi connectivity index (χ2n) is 0.562. The van der Waals surface area contributed by atoms with E-state index >= 15 is 0 Å². The first-order valence-corrected chi connectivity index (χ1v) is 1.16. The fraction of sp³-hybridized carbons (Fsp3) is 1.00. The van der Waals surface area contributed by atoms with E-state index in [0.29, 0.717) is 0 Å². The first-order valence-electron chi connectivity index (χ1n) is 1.16. The minimum absolute atomic E-state index is 0. The van der Waals surface area contributed by atoms with Gasteiger partial charge in [-0.1, -0.05) is 0 Å². The predicted octanol–water partition coefficient (Wildman–Crippen LogP) is -1.78. The van der Waals surface area contributed by atoms with E-state index in [4.69, 9.17) is 10.0 Å². The Labute approximate surface area is 79.3 Å². The van der Waals surface area contributed by atoms with Gasteiger partial charge in [-0.3, -0.25) is 0 Å². The zero-order chi connectivity index (χ0) is 4.28. The van der Waals surface area contributed by atoms with Gasteiger partial charge >= 0.3 is 7.32 Å². The second-order valence-corrected chi connectivity index (χ2v) is 0.562. The van der Waals surface area contributed by atoms with Crippen LogP contribution in [-0.2, 0) is 4.65 Å². The summed E-state index contributed by atoms with van der Waals surface area (Å²) in [6.07, 6.45) is 0. The molecule has 0 aromatic rings. The minimum atomic E-state index is -1.62. The van der Waals surface area contributed by atoms with Crippen LogP contribution in [0.5, 0.6) is 0 Å². The molecule has 0 aromatic heterocycles. The predicted molar refractivity (Wildman–Crippen MR) is 23.0 cm³/mol. The van der Waals surface area contributed by atoms with E-state index in [2.05, 4.69) is 4.65 Å². The van der Waals surface area contributed by atoms with Crippen molar-refractivity contribution < 1.29 is 14.7 Å². The van der Waals surface area contributed by atoms with Gasteiger partial charge in [0, 0.05) is 58.5 Å². The zero-order valence-corrected chi connectivity index (χ0v) is 7.00. The molecule has 0 aliphatic carbocycles. The molecule has 1 radical (unpaired) electrons. The van der Waals surface area contributed by atoms with E-state index in [9.17, 15) is 0 Å². The van der Waals surface area contributed by atoms with E-state index in [1.807, 2.05) is 0 Å². The van der Waals surface area contributed by atoms with Crippen LogP contribution in [0.15, 0.2) is 0 Å². The van der Waals surface area contributed by atoms with Crippen molar-refractivity contribution in [3.05, 3.63) is 0 Å². The van der Waals surface area contributed by atoms with Crippen LogP contribution in [0.25, 0.3) is 0 Å². The second kappa shape index (κ2) is 6.58. The molecule has 0 aliphatic rings. The van der Waals surface area contributed by atoms with Gasteiger partial charge in [0.25, 0.3) is 0 Å². The summed E-state index contributed by atoms with van der Waals surface area (Å²) in [6.45, 7) is 0. The van der Waals surface area contributed by atoms with Crippen LogP contribution in [0.4, 0.5) is 0 Å². The Hall–Kier alpha value is 1.58. The fourth-order valence-corrected chi connectivity index (χ4v) is 0. The van der Waals surface area contributed by atoms with E-state index in [1.165, 1.54) is 7.11 Å². The summed E-state index contributed by atoms with van der Waals surface area (Å²) < 4.78 is 3.86. The van der Waals surface area contributed by atoms with Gasteiger partial charge in [-0.15, -0.1) is 0 Å². The smallest absolute Gasteiger partial charge is 0.402 e. The summed E-state index contributed by atoms with van der Waals surface area (Å²) in [5, 5.41) is 15.4. The number of hydrogen-bond donors (Lipinski definition) is 2. The maximum Gasteiger partial charge on any atom is 0.633 e. The van der Waals surface area contributed by atoms with Crippen LogP contribution in [0.2, 0.25) is 0 Å². The molecule has 2 N–H and O–H groups in total.